The van der Waals surface area contributed by atoms with Crippen LogP contribution < -0.4 is 15.5 Å². The summed E-state index contributed by atoms with van der Waals surface area (Å²) in [7, 11) is 0. The van der Waals surface area contributed by atoms with E-state index in [1.807, 2.05) is 49.4 Å². The number of fused-ring (bicyclic) bond motifs is 1. The van der Waals surface area contributed by atoms with E-state index >= 15 is 0 Å². The van der Waals surface area contributed by atoms with E-state index in [2.05, 4.69) is 25.7 Å². The zero-order valence-corrected chi connectivity index (χ0v) is 19.4. The minimum atomic E-state index is -0.332. The van der Waals surface area contributed by atoms with Gasteiger partial charge in [-0.1, -0.05) is 37.3 Å². The number of aromatic amines is 1. The van der Waals surface area contributed by atoms with Gasteiger partial charge in [0.25, 0.3) is 11.8 Å². The molecule has 1 atom stereocenters. The summed E-state index contributed by atoms with van der Waals surface area (Å²) in [5, 5.41) is 12.7. The maximum absolute atomic E-state index is 12.8. The summed E-state index contributed by atoms with van der Waals surface area (Å²) in [5.41, 5.74) is 3.42. The first kappa shape index (κ1) is 22.7. The minimum absolute atomic E-state index is 0.134. The summed E-state index contributed by atoms with van der Waals surface area (Å²) in [4.78, 5) is 27.9. The van der Waals surface area contributed by atoms with Gasteiger partial charge < -0.3 is 24.7 Å². The molecule has 3 heterocycles. The van der Waals surface area contributed by atoms with Crippen molar-refractivity contribution in [2.75, 3.05) is 36.5 Å². The molecule has 0 saturated carbocycles. The zero-order chi connectivity index (χ0) is 24.2. The number of hydrogen-bond donors (Lipinski definition) is 3. The molecule has 35 heavy (non-hydrogen) atoms. The fourth-order valence-corrected chi connectivity index (χ4v) is 4.17. The van der Waals surface area contributed by atoms with Crippen molar-refractivity contribution >= 4 is 34.4 Å². The molecule has 2 amide bonds. The first-order valence-electron chi connectivity index (χ1n) is 11.7. The molecule has 0 spiro atoms. The maximum Gasteiger partial charge on any atom is 0.287 e. The number of aromatic nitrogens is 2. The summed E-state index contributed by atoms with van der Waals surface area (Å²) in [6.07, 6.45) is 0.738. The Balaban J connectivity index is 1.27. The quantitative estimate of drug-likeness (QED) is 0.372. The Bertz CT molecular complexity index is 1310. The van der Waals surface area contributed by atoms with E-state index in [9.17, 15) is 9.59 Å². The van der Waals surface area contributed by atoms with Crippen molar-refractivity contribution in [2.24, 2.45) is 0 Å². The SMILES string of the molecule is CCC(NC(=O)c1cc2[nH]nc(NC(=O)c3ccc(N4CCOCC4)cc3)c2o1)c1ccccc1. The van der Waals surface area contributed by atoms with Crippen LogP contribution in [-0.4, -0.2) is 48.3 Å². The van der Waals surface area contributed by atoms with Crippen molar-refractivity contribution in [2.45, 2.75) is 19.4 Å². The molecule has 180 valence electrons. The van der Waals surface area contributed by atoms with Crippen LogP contribution >= 0.6 is 0 Å². The summed E-state index contributed by atoms with van der Waals surface area (Å²) < 4.78 is 11.2. The highest BCUT2D eigenvalue weighted by atomic mass is 16.5. The number of carbonyl (C=O) groups is 2. The number of nitrogens with zero attached hydrogens (tertiary/aromatic N) is 2. The van der Waals surface area contributed by atoms with Crippen molar-refractivity contribution in [1.82, 2.24) is 15.5 Å². The topological polar surface area (TPSA) is 112 Å². The number of benzene rings is 2. The Morgan fingerprint density at radius 3 is 2.51 bits per heavy atom. The second-order valence-corrected chi connectivity index (χ2v) is 8.37. The molecule has 1 aliphatic heterocycles. The molecule has 1 saturated heterocycles. The van der Waals surface area contributed by atoms with E-state index in [0.29, 0.717) is 29.9 Å². The van der Waals surface area contributed by atoms with Gasteiger partial charge in [-0.15, -0.1) is 0 Å². The predicted octanol–water partition coefficient (Wildman–Crippen LogP) is 4.13. The third-order valence-electron chi connectivity index (χ3n) is 6.11. The van der Waals surface area contributed by atoms with Gasteiger partial charge in [-0.2, -0.15) is 5.10 Å². The smallest absolute Gasteiger partial charge is 0.287 e. The normalized spacial score (nSPS) is 14.6. The van der Waals surface area contributed by atoms with Crippen molar-refractivity contribution in [3.8, 4) is 0 Å². The minimum Gasteiger partial charge on any atom is -0.445 e. The van der Waals surface area contributed by atoms with Crippen molar-refractivity contribution in [3.05, 3.63) is 77.6 Å². The number of anilines is 2. The van der Waals surface area contributed by atoms with E-state index in [4.69, 9.17) is 9.15 Å². The number of carbonyl (C=O) groups excluding carboxylic acids is 2. The molecule has 0 aliphatic carbocycles. The number of rotatable bonds is 7. The lowest BCUT2D eigenvalue weighted by atomic mass is 10.0. The van der Waals surface area contributed by atoms with E-state index in [1.165, 1.54) is 0 Å². The highest BCUT2D eigenvalue weighted by molar-refractivity contribution is 6.07. The van der Waals surface area contributed by atoms with Gasteiger partial charge in [0.1, 0.15) is 5.52 Å². The van der Waals surface area contributed by atoms with Gasteiger partial charge in [0, 0.05) is 30.4 Å². The number of furan rings is 1. The molecular weight excluding hydrogens is 446 g/mol. The fourth-order valence-electron chi connectivity index (χ4n) is 4.17. The molecule has 0 radical (unpaired) electrons. The van der Waals surface area contributed by atoms with E-state index in [0.717, 1.165) is 30.8 Å². The molecule has 1 unspecified atom stereocenters. The van der Waals surface area contributed by atoms with Crippen LogP contribution in [0.5, 0.6) is 0 Å². The standard InChI is InChI=1S/C26H27N5O4/c1-2-20(17-6-4-3-5-7-17)27-26(33)22-16-21-23(35-22)24(30-29-21)28-25(32)18-8-10-19(11-9-18)31-12-14-34-15-13-31/h3-11,16,20H,2,12-15H2,1H3,(H,27,33)(H2,28,29,30,32). The van der Waals surface area contributed by atoms with Crippen LogP contribution in [0.15, 0.2) is 65.1 Å². The lowest BCUT2D eigenvalue weighted by molar-refractivity contribution is 0.0909. The summed E-state index contributed by atoms with van der Waals surface area (Å²) >= 11 is 0. The molecule has 9 nitrogen and oxygen atoms in total. The first-order chi connectivity index (χ1) is 17.1. The van der Waals surface area contributed by atoms with Gasteiger partial charge in [0.2, 0.25) is 0 Å². The molecular formula is C26H27N5O4. The van der Waals surface area contributed by atoms with Crippen LogP contribution in [-0.2, 0) is 4.74 Å². The van der Waals surface area contributed by atoms with Crippen LogP contribution in [0, 0.1) is 0 Å². The Labute approximate surface area is 202 Å². The van der Waals surface area contributed by atoms with Gasteiger partial charge in [-0.05, 0) is 36.2 Å². The molecule has 2 aromatic carbocycles. The number of ether oxygens (including phenoxy) is 1. The Hall–Kier alpha value is -4.11. The zero-order valence-electron chi connectivity index (χ0n) is 19.4. The molecule has 1 aliphatic rings. The third-order valence-corrected chi connectivity index (χ3v) is 6.11. The summed E-state index contributed by atoms with van der Waals surface area (Å²) in [6.45, 7) is 5.07. The Kier molecular flexibility index (Phi) is 6.49. The number of hydrogen-bond acceptors (Lipinski definition) is 6. The van der Waals surface area contributed by atoms with Gasteiger partial charge >= 0.3 is 0 Å². The van der Waals surface area contributed by atoms with Crippen LogP contribution in [0.2, 0.25) is 0 Å². The molecule has 0 bridgehead atoms. The highest BCUT2D eigenvalue weighted by Gasteiger charge is 2.21. The summed E-state index contributed by atoms with van der Waals surface area (Å²) in [6, 6.07) is 18.6. The number of nitrogens with one attached hydrogen (secondary N) is 3. The van der Waals surface area contributed by atoms with Crippen molar-refractivity contribution in [1.29, 1.82) is 0 Å². The molecule has 2 aromatic heterocycles. The van der Waals surface area contributed by atoms with Crippen molar-refractivity contribution < 1.29 is 18.7 Å². The molecule has 3 N–H and O–H groups in total. The Morgan fingerprint density at radius 2 is 1.80 bits per heavy atom. The van der Waals surface area contributed by atoms with Crippen LogP contribution in [0.3, 0.4) is 0 Å². The molecule has 4 aromatic rings. The average molecular weight is 474 g/mol. The van der Waals surface area contributed by atoms with E-state index in [-0.39, 0.29) is 29.4 Å². The van der Waals surface area contributed by atoms with Gasteiger partial charge in [-0.3, -0.25) is 14.7 Å². The van der Waals surface area contributed by atoms with Crippen LogP contribution in [0.4, 0.5) is 11.5 Å². The van der Waals surface area contributed by atoms with E-state index in [1.54, 1.807) is 18.2 Å². The second kappa shape index (κ2) is 10.0. The second-order valence-electron chi connectivity index (χ2n) is 8.37. The monoisotopic (exact) mass is 473 g/mol. The number of H-pyrrole nitrogens is 1. The lowest BCUT2D eigenvalue weighted by Crippen LogP contribution is -2.36. The van der Waals surface area contributed by atoms with Gasteiger partial charge in [0.15, 0.2) is 17.2 Å². The lowest BCUT2D eigenvalue weighted by Gasteiger charge is -2.28. The predicted molar refractivity (Wildman–Crippen MR) is 133 cm³/mol. The largest absolute Gasteiger partial charge is 0.445 e. The molecule has 9 heteroatoms. The Morgan fingerprint density at radius 1 is 1.06 bits per heavy atom. The van der Waals surface area contributed by atoms with Gasteiger partial charge in [-0.25, -0.2) is 0 Å². The number of morpholine rings is 1. The highest BCUT2D eigenvalue weighted by Crippen LogP contribution is 2.26. The average Bonchev–Trinajstić information content (AvgIpc) is 3.50. The van der Waals surface area contributed by atoms with Crippen molar-refractivity contribution in [3.63, 3.8) is 0 Å². The van der Waals surface area contributed by atoms with Gasteiger partial charge in [0.05, 0.1) is 19.3 Å². The fraction of sp³-hybridized carbons (Fsp3) is 0.269. The number of amides is 2. The first-order valence-corrected chi connectivity index (χ1v) is 11.7. The molecule has 5 rings (SSSR count). The summed E-state index contributed by atoms with van der Waals surface area (Å²) in [5.74, 6) is -0.268. The van der Waals surface area contributed by atoms with Crippen LogP contribution in [0.1, 0.15) is 45.9 Å². The van der Waals surface area contributed by atoms with Crippen LogP contribution in [0.25, 0.3) is 11.1 Å². The maximum atomic E-state index is 12.8. The molecule has 1 fully saturated rings. The van der Waals surface area contributed by atoms with E-state index < -0.39 is 0 Å². The third kappa shape index (κ3) is 4.90.